The number of aryl methyl sites for hydroxylation is 1. The monoisotopic (exact) mass is 276 g/mol. The maximum atomic E-state index is 12.1. The van der Waals surface area contributed by atoms with Crippen molar-refractivity contribution in [2.75, 3.05) is 0 Å². The Morgan fingerprint density at radius 2 is 2.31 bits per heavy atom. The van der Waals surface area contributed by atoms with Crippen LogP contribution in [0.5, 0.6) is 0 Å². The van der Waals surface area contributed by atoms with E-state index in [0.29, 0.717) is 5.65 Å². The van der Waals surface area contributed by atoms with Crippen LogP contribution in [0.15, 0.2) is 33.7 Å². The highest BCUT2D eigenvalue weighted by Crippen LogP contribution is 2.16. The lowest BCUT2D eigenvalue weighted by Crippen LogP contribution is -2.21. The van der Waals surface area contributed by atoms with Crippen LogP contribution < -0.4 is 5.56 Å². The molecule has 1 aliphatic carbocycles. The molecule has 2 aromatic heterocycles. The van der Waals surface area contributed by atoms with Crippen LogP contribution in [0.4, 0.5) is 0 Å². The van der Waals surface area contributed by atoms with Gasteiger partial charge in [-0.2, -0.15) is 0 Å². The minimum absolute atomic E-state index is 0.0171. The SMILES string of the molecule is O=c1c2c(nc3cc(Br)ccn13)CCC=C2. The molecule has 0 unspecified atom stereocenters. The van der Waals surface area contributed by atoms with Crippen molar-refractivity contribution < 1.29 is 0 Å². The fourth-order valence-corrected chi connectivity index (χ4v) is 2.27. The topological polar surface area (TPSA) is 34.4 Å². The molecule has 0 atom stereocenters. The fraction of sp³-hybridized carbons (Fsp3) is 0.167. The minimum atomic E-state index is 0.0171. The molecule has 0 radical (unpaired) electrons. The zero-order valence-electron chi connectivity index (χ0n) is 8.48. The summed E-state index contributed by atoms with van der Waals surface area (Å²) in [5.41, 5.74) is 2.36. The molecule has 0 spiro atoms. The maximum absolute atomic E-state index is 12.1. The standard InChI is InChI=1S/C12H9BrN2O/c13-8-5-6-15-11(7-8)14-10-4-2-1-3-9(10)12(15)16/h1,3,5-7H,2,4H2. The summed E-state index contributed by atoms with van der Waals surface area (Å²) in [5.74, 6) is 0. The lowest BCUT2D eigenvalue weighted by Gasteiger charge is -2.10. The van der Waals surface area contributed by atoms with E-state index in [1.165, 1.54) is 0 Å². The van der Waals surface area contributed by atoms with E-state index in [1.54, 1.807) is 10.6 Å². The first-order valence-corrected chi connectivity index (χ1v) is 5.92. The molecule has 0 N–H and O–H groups in total. The van der Waals surface area contributed by atoms with Gasteiger partial charge in [-0.05, 0) is 25.0 Å². The third-order valence-electron chi connectivity index (χ3n) is 2.74. The molecule has 0 fully saturated rings. The van der Waals surface area contributed by atoms with E-state index < -0.39 is 0 Å². The Kier molecular flexibility index (Phi) is 2.17. The first-order chi connectivity index (χ1) is 7.75. The average Bonchev–Trinajstić information content (AvgIpc) is 2.29. The Bertz CT molecular complexity index is 658. The largest absolute Gasteiger partial charge is 0.268 e. The molecule has 0 saturated carbocycles. The second-order valence-electron chi connectivity index (χ2n) is 3.79. The van der Waals surface area contributed by atoms with Crippen LogP contribution in [-0.2, 0) is 6.42 Å². The van der Waals surface area contributed by atoms with Crippen molar-refractivity contribution in [3.05, 3.63) is 50.5 Å². The molecule has 16 heavy (non-hydrogen) atoms. The second kappa shape index (κ2) is 3.56. The van der Waals surface area contributed by atoms with Gasteiger partial charge in [0.15, 0.2) is 0 Å². The van der Waals surface area contributed by atoms with Crippen LogP contribution in [0, 0.1) is 0 Å². The van der Waals surface area contributed by atoms with Gasteiger partial charge in [0.2, 0.25) is 0 Å². The summed E-state index contributed by atoms with van der Waals surface area (Å²) in [6.07, 6.45) is 7.46. The zero-order valence-corrected chi connectivity index (χ0v) is 10.1. The van der Waals surface area contributed by atoms with E-state index in [-0.39, 0.29) is 5.56 Å². The van der Waals surface area contributed by atoms with Crippen LogP contribution in [0.3, 0.4) is 0 Å². The number of allylic oxidation sites excluding steroid dienone is 1. The zero-order chi connectivity index (χ0) is 11.1. The molecule has 0 amide bonds. The van der Waals surface area contributed by atoms with Gasteiger partial charge in [0.25, 0.3) is 5.56 Å². The summed E-state index contributed by atoms with van der Waals surface area (Å²) in [5, 5.41) is 0. The highest BCUT2D eigenvalue weighted by molar-refractivity contribution is 9.10. The Morgan fingerprint density at radius 1 is 1.44 bits per heavy atom. The van der Waals surface area contributed by atoms with Crippen molar-refractivity contribution in [2.24, 2.45) is 0 Å². The number of pyridine rings is 1. The van der Waals surface area contributed by atoms with Crippen LogP contribution in [0.25, 0.3) is 11.7 Å². The summed E-state index contributed by atoms with van der Waals surface area (Å²) < 4.78 is 2.52. The molecular formula is C12H9BrN2O. The summed E-state index contributed by atoms with van der Waals surface area (Å²) in [4.78, 5) is 16.7. The summed E-state index contributed by atoms with van der Waals surface area (Å²) >= 11 is 3.38. The normalized spacial score (nSPS) is 14.1. The predicted octanol–water partition coefficient (Wildman–Crippen LogP) is 2.42. The minimum Gasteiger partial charge on any atom is -0.268 e. The van der Waals surface area contributed by atoms with Crippen LogP contribution >= 0.6 is 15.9 Å². The first kappa shape index (κ1) is 9.78. The average molecular weight is 277 g/mol. The number of halogens is 1. The van der Waals surface area contributed by atoms with Crippen molar-refractivity contribution in [3.8, 4) is 0 Å². The molecule has 3 rings (SSSR count). The van der Waals surface area contributed by atoms with Gasteiger partial charge in [0.05, 0.1) is 11.3 Å². The Morgan fingerprint density at radius 3 is 3.19 bits per heavy atom. The molecule has 0 aromatic carbocycles. The highest BCUT2D eigenvalue weighted by Gasteiger charge is 2.12. The number of hydrogen-bond donors (Lipinski definition) is 0. The lowest BCUT2D eigenvalue weighted by molar-refractivity contribution is 0.894. The third kappa shape index (κ3) is 1.41. The van der Waals surface area contributed by atoms with Crippen molar-refractivity contribution in [1.29, 1.82) is 0 Å². The van der Waals surface area contributed by atoms with Gasteiger partial charge >= 0.3 is 0 Å². The van der Waals surface area contributed by atoms with Crippen molar-refractivity contribution in [2.45, 2.75) is 12.8 Å². The van der Waals surface area contributed by atoms with E-state index in [1.807, 2.05) is 24.3 Å². The van der Waals surface area contributed by atoms with Crippen molar-refractivity contribution in [1.82, 2.24) is 9.38 Å². The van der Waals surface area contributed by atoms with Gasteiger partial charge in [-0.15, -0.1) is 0 Å². The Hall–Kier alpha value is -1.42. The number of hydrogen-bond acceptors (Lipinski definition) is 2. The molecule has 2 heterocycles. The molecular weight excluding hydrogens is 268 g/mol. The van der Waals surface area contributed by atoms with Gasteiger partial charge in [0.1, 0.15) is 5.65 Å². The Balaban J connectivity index is 2.45. The number of nitrogens with zero attached hydrogens (tertiary/aromatic N) is 2. The highest BCUT2D eigenvalue weighted by atomic mass is 79.9. The molecule has 3 nitrogen and oxygen atoms in total. The number of aromatic nitrogens is 2. The van der Waals surface area contributed by atoms with Crippen LogP contribution in [0.1, 0.15) is 17.7 Å². The molecule has 0 bridgehead atoms. The van der Waals surface area contributed by atoms with Crippen LogP contribution in [-0.4, -0.2) is 9.38 Å². The molecule has 0 saturated heterocycles. The molecule has 80 valence electrons. The van der Waals surface area contributed by atoms with E-state index in [4.69, 9.17) is 0 Å². The molecule has 4 heteroatoms. The van der Waals surface area contributed by atoms with E-state index in [0.717, 1.165) is 28.6 Å². The lowest BCUT2D eigenvalue weighted by atomic mass is 10.0. The summed E-state index contributed by atoms with van der Waals surface area (Å²) in [6.45, 7) is 0. The van der Waals surface area contributed by atoms with Gasteiger partial charge in [0, 0.05) is 10.7 Å². The predicted molar refractivity (Wildman–Crippen MR) is 66.5 cm³/mol. The number of rotatable bonds is 0. The third-order valence-corrected chi connectivity index (χ3v) is 3.23. The molecule has 2 aromatic rings. The maximum Gasteiger partial charge on any atom is 0.265 e. The first-order valence-electron chi connectivity index (χ1n) is 5.13. The van der Waals surface area contributed by atoms with Gasteiger partial charge < -0.3 is 0 Å². The molecule has 0 aliphatic heterocycles. The van der Waals surface area contributed by atoms with Gasteiger partial charge in [-0.25, -0.2) is 4.98 Å². The summed E-state index contributed by atoms with van der Waals surface area (Å²) in [7, 11) is 0. The van der Waals surface area contributed by atoms with Crippen molar-refractivity contribution in [3.63, 3.8) is 0 Å². The molecule has 1 aliphatic rings. The van der Waals surface area contributed by atoms with Crippen molar-refractivity contribution >= 4 is 27.7 Å². The van der Waals surface area contributed by atoms with E-state index in [9.17, 15) is 4.79 Å². The van der Waals surface area contributed by atoms with Gasteiger partial charge in [-0.1, -0.05) is 28.1 Å². The Labute approximate surface area is 101 Å². The quantitative estimate of drug-likeness (QED) is 0.741. The van der Waals surface area contributed by atoms with E-state index >= 15 is 0 Å². The second-order valence-corrected chi connectivity index (χ2v) is 4.71. The van der Waals surface area contributed by atoms with Gasteiger partial charge in [-0.3, -0.25) is 9.20 Å². The summed E-state index contributed by atoms with van der Waals surface area (Å²) in [6, 6.07) is 3.70. The number of fused-ring (bicyclic) bond motifs is 2. The van der Waals surface area contributed by atoms with Crippen LogP contribution in [0.2, 0.25) is 0 Å². The fourth-order valence-electron chi connectivity index (χ4n) is 1.95. The van der Waals surface area contributed by atoms with E-state index in [2.05, 4.69) is 20.9 Å². The smallest absolute Gasteiger partial charge is 0.265 e.